The summed E-state index contributed by atoms with van der Waals surface area (Å²) < 4.78 is 11.6. The van der Waals surface area contributed by atoms with Crippen molar-refractivity contribution in [2.45, 2.75) is 0 Å². The Morgan fingerprint density at radius 1 is 1.22 bits per heavy atom. The van der Waals surface area contributed by atoms with Crippen molar-refractivity contribution in [3.8, 4) is 11.5 Å². The van der Waals surface area contributed by atoms with E-state index < -0.39 is 0 Å². The normalized spacial score (nSPS) is 10.5. The van der Waals surface area contributed by atoms with Crippen LogP contribution in [0.2, 0.25) is 0 Å². The van der Waals surface area contributed by atoms with Gasteiger partial charge in [0.1, 0.15) is 18.1 Å². The molecule has 0 saturated heterocycles. The van der Waals surface area contributed by atoms with E-state index in [9.17, 15) is 4.79 Å². The van der Waals surface area contributed by atoms with Crippen LogP contribution in [0, 0.1) is 0 Å². The SMILES string of the molecule is C=CCOc1ccc(Br)cc1/C=C/C(=O)c1ccc(OC)cc1. The zero-order chi connectivity index (χ0) is 16.7. The third kappa shape index (κ3) is 4.83. The molecule has 0 N–H and O–H groups in total. The Morgan fingerprint density at radius 2 is 1.96 bits per heavy atom. The van der Waals surface area contributed by atoms with Gasteiger partial charge in [0, 0.05) is 15.6 Å². The molecule has 0 aliphatic heterocycles. The smallest absolute Gasteiger partial charge is 0.185 e. The zero-order valence-corrected chi connectivity index (χ0v) is 14.4. The highest BCUT2D eigenvalue weighted by molar-refractivity contribution is 9.10. The van der Waals surface area contributed by atoms with Crippen LogP contribution in [0.3, 0.4) is 0 Å². The lowest BCUT2D eigenvalue weighted by Crippen LogP contribution is -1.96. The van der Waals surface area contributed by atoms with Crippen LogP contribution in [0.4, 0.5) is 0 Å². The molecule has 0 fully saturated rings. The molecule has 23 heavy (non-hydrogen) atoms. The van der Waals surface area contributed by atoms with Crippen LogP contribution in [0.1, 0.15) is 15.9 Å². The second-order valence-electron chi connectivity index (χ2n) is 4.71. The quantitative estimate of drug-likeness (QED) is 0.393. The van der Waals surface area contributed by atoms with E-state index in [4.69, 9.17) is 9.47 Å². The number of hydrogen-bond donors (Lipinski definition) is 0. The number of allylic oxidation sites excluding steroid dienone is 1. The topological polar surface area (TPSA) is 35.5 Å². The predicted octanol–water partition coefficient (Wildman–Crippen LogP) is 4.92. The largest absolute Gasteiger partial charge is 0.497 e. The minimum absolute atomic E-state index is 0.0812. The summed E-state index contributed by atoms with van der Waals surface area (Å²) >= 11 is 3.42. The lowest BCUT2D eigenvalue weighted by Gasteiger charge is -2.07. The van der Waals surface area contributed by atoms with Crippen LogP contribution in [0.25, 0.3) is 6.08 Å². The molecule has 0 bridgehead atoms. The molecule has 0 atom stereocenters. The van der Waals surface area contributed by atoms with Crippen molar-refractivity contribution in [2.24, 2.45) is 0 Å². The maximum absolute atomic E-state index is 12.2. The number of carbonyl (C=O) groups is 1. The van der Waals surface area contributed by atoms with Crippen LogP contribution in [0.15, 0.2) is 65.7 Å². The summed E-state index contributed by atoms with van der Waals surface area (Å²) in [5.74, 6) is 1.34. The second-order valence-corrected chi connectivity index (χ2v) is 5.62. The summed E-state index contributed by atoms with van der Waals surface area (Å²) in [6, 6.07) is 12.6. The van der Waals surface area contributed by atoms with Crippen LogP contribution in [-0.2, 0) is 0 Å². The minimum Gasteiger partial charge on any atom is -0.497 e. The summed E-state index contributed by atoms with van der Waals surface area (Å²) in [6.07, 6.45) is 4.96. The molecule has 0 aromatic heterocycles. The van der Waals surface area contributed by atoms with Gasteiger partial charge in [-0.1, -0.05) is 28.6 Å². The molecule has 2 rings (SSSR count). The van der Waals surface area contributed by atoms with Gasteiger partial charge < -0.3 is 9.47 Å². The lowest BCUT2D eigenvalue weighted by molar-refractivity contribution is 0.104. The van der Waals surface area contributed by atoms with Crippen LogP contribution >= 0.6 is 15.9 Å². The van der Waals surface area contributed by atoms with E-state index in [2.05, 4.69) is 22.5 Å². The standard InChI is InChI=1S/C19H17BrO3/c1-3-12-23-19-11-7-16(20)13-15(19)6-10-18(21)14-4-8-17(22-2)9-5-14/h3-11,13H,1,12H2,2H3/b10-6+. The van der Waals surface area contributed by atoms with Crippen LogP contribution in [0.5, 0.6) is 11.5 Å². The number of methoxy groups -OCH3 is 1. The van der Waals surface area contributed by atoms with Crippen molar-refractivity contribution >= 4 is 27.8 Å². The molecule has 118 valence electrons. The van der Waals surface area contributed by atoms with Crippen molar-refractivity contribution < 1.29 is 14.3 Å². The van der Waals surface area contributed by atoms with Gasteiger partial charge in [-0.3, -0.25) is 4.79 Å². The van der Waals surface area contributed by atoms with Crippen molar-refractivity contribution in [3.05, 3.63) is 76.8 Å². The van der Waals surface area contributed by atoms with Gasteiger partial charge >= 0.3 is 0 Å². The average Bonchev–Trinajstić information content (AvgIpc) is 2.59. The number of ether oxygens (including phenoxy) is 2. The van der Waals surface area contributed by atoms with Crippen molar-refractivity contribution in [2.75, 3.05) is 13.7 Å². The van der Waals surface area contributed by atoms with Gasteiger partial charge in [0.15, 0.2) is 5.78 Å². The summed E-state index contributed by atoms with van der Waals surface area (Å²) in [5, 5.41) is 0. The monoisotopic (exact) mass is 372 g/mol. The Bertz CT molecular complexity index is 718. The van der Waals surface area contributed by atoms with E-state index in [1.165, 1.54) is 6.08 Å². The van der Waals surface area contributed by atoms with Gasteiger partial charge in [-0.25, -0.2) is 0 Å². The van der Waals surface area contributed by atoms with Gasteiger partial charge in [-0.05, 0) is 54.6 Å². The second kappa shape index (κ2) is 8.34. The average molecular weight is 373 g/mol. The predicted molar refractivity (Wildman–Crippen MR) is 96.2 cm³/mol. The molecule has 0 amide bonds. The number of hydrogen-bond acceptors (Lipinski definition) is 3. The molecule has 2 aromatic rings. The van der Waals surface area contributed by atoms with Crippen LogP contribution < -0.4 is 9.47 Å². The number of rotatable bonds is 7. The Hall–Kier alpha value is -2.33. The van der Waals surface area contributed by atoms with Gasteiger partial charge in [-0.15, -0.1) is 0 Å². The van der Waals surface area contributed by atoms with E-state index in [0.717, 1.165) is 15.8 Å². The number of halogens is 1. The molecule has 0 saturated carbocycles. The Kier molecular flexibility index (Phi) is 6.18. The van der Waals surface area contributed by atoms with E-state index in [1.807, 2.05) is 18.2 Å². The number of benzene rings is 2. The van der Waals surface area contributed by atoms with Gasteiger partial charge in [-0.2, -0.15) is 0 Å². The fourth-order valence-corrected chi connectivity index (χ4v) is 2.33. The van der Waals surface area contributed by atoms with Gasteiger partial charge in [0.2, 0.25) is 0 Å². The Balaban J connectivity index is 2.19. The fraction of sp³-hybridized carbons (Fsp3) is 0.105. The van der Waals surface area contributed by atoms with Gasteiger partial charge in [0.25, 0.3) is 0 Å². The molecule has 0 unspecified atom stereocenters. The first-order valence-corrected chi connectivity index (χ1v) is 7.83. The Labute approximate surface area is 144 Å². The fourth-order valence-electron chi connectivity index (χ4n) is 1.95. The molecule has 4 heteroatoms. The number of carbonyl (C=O) groups excluding carboxylic acids is 1. The highest BCUT2D eigenvalue weighted by Crippen LogP contribution is 2.25. The molecule has 3 nitrogen and oxygen atoms in total. The van der Waals surface area contributed by atoms with Gasteiger partial charge in [0.05, 0.1) is 7.11 Å². The maximum atomic E-state index is 12.2. The third-order valence-corrected chi connectivity index (χ3v) is 3.61. The lowest BCUT2D eigenvalue weighted by atomic mass is 10.1. The van der Waals surface area contributed by atoms with E-state index in [0.29, 0.717) is 17.9 Å². The molecule has 0 spiro atoms. The molecule has 2 aromatic carbocycles. The van der Waals surface area contributed by atoms with Crippen LogP contribution in [-0.4, -0.2) is 19.5 Å². The molecule has 0 radical (unpaired) electrons. The first kappa shape index (κ1) is 17.0. The summed E-state index contributed by atoms with van der Waals surface area (Å²) in [6.45, 7) is 4.05. The number of ketones is 1. The molecular formula is C19H17BrO3. The maximum Gasteiger partial charge on any atom is 0.185 e. The molecular weight excluding hydrogens is 356 g/mol. The Morgan fingerprint density at radius 3 is 2.61 bits per heavy atom. The molecule has 0 aliphatic carbocycles. The van der Waals surface area contributed by atoms with Crippen molar-refractivity contribution in [1.29, 1.82) is 0 Å². The molecule has 0 aliphatic rings. The first-order valence-electron chi connectivity index (χ1n) is 7.03. The first-order chi connectivity index (χ1) is 11.1. The zero-order valence-electron chi connectivity index (χ0n) is 12.8. The van der Waals surface area contributed by atoms with Crippen molar-refractivity contribution in [1.82, 2.24) is 0 Å². The summed E-state index contributed by atoms with van der Waals surface area (Å²) in [4.78, 5) is 12.2. The molecule has 0 heterocycles. The highest BCUT2D eigenvalue weighted by atomic mass is 79.9. The van der Waals surface area contributed by atoms with E-state index >= 15 is 0 Å². The van der Waals surface area contributed by atoms with E-state index in [-0.39, 0.29) is 5.78 Å². The minimum atomic E-state index is -0.0812. The van der Waals surface area contributed by atoms with E-state index in [1.54, 1.807) is 43.5 Å². The third-order valence-electron chi connectivity index (χ3n) is 3.12. The summed E-state index contributed by atoms with van der Waals surface area (Å²) in [5.41, 5.74) is 1.42. The summed E-state index contributed by atoms with van der Waals surface area (Å²) in [7, 11) is 1.59. The highest BCUT2D eigenvalue weighted by Gasteiger charge is 2.05. The van der Waals surface area contributed by atoms with Crippen molar-refractivity contribution in [3.63, 3.8) is 0 Å².